The standard InChI is InChI=1S/C20H36O2Si/c1-19(2,3)21-23(22-20(4,5)6,17-13-9-7-10-14-17)18-15-11-8-12-16-18/h13,15H,7-12,14,16H2,1-6H3. The Labute approximate surface area is 144 Å². The third-order valence-electron chi connectivity index (χ3n) is 4.33. The summed E-state index contributed by atoms with van der Waals surface area (Å²) >= 11 is 0. The smallest absolute Gasteiger partial charge is 0.383 e. The van der Waals surface area contributed by atoms with Crippen LogP contribution in [0.5, 0.6) is 0 Å². The number of hydrogen-bond acceptors (Lipinski definition) is 2. The molecule has 132 valence electrons. The highest BCUT2D eigenvalue weighted by Crippen LogP contribution is 2.41. The first-order valence-corrected chi connectivity index (χ1v) is 11.2. The van der Waals surface area contributed by atoms with Crippen molar-refractivity contribution in [2.75, 3.05) is 0 Å². The highest BCUT2D eigenvalue weighted by Gasteiger charge is 2.51. The molecule has 0 aromatic heterocycles. The van der Waals surface area contributed by atoms with Gasteiger partial charge in [0.1, 0.15) is 0 Å². The van der Waals surface area contributed by atoms with Crippen molar-refractivity contribution in [3.8, 4) is 0 Å². The maximum atomic E-state index is 6.86. The lowest BCUT2D eigenvalue weighted by Crippen LogP contribution is -2.55. The largest absolute Gasteiger partial charge is 0.398 e. The molecule has 2 aliphatic carbocycles. The predicted molar refractivity (Wildman–Crippen MR) is 101 cm³/mol. The molecule has 0 atom stereocenters. The summed E-state index contributed by atoms with van der Waals surface area (Å²) in [6.07, 6.45) is 14.7. The number of rotatable bonds is 4. The first kappa shape index (κ1) is 18.9. The van der Waals surface area contributed by atoms with Gasteiger partial charge in [-0.1, -0.05) is 12.2 Å². The zero-order chi connectivity index (χ0) is 17.1. The molecule has 0 saturated heterocycles. The molecule has 0 saturated carbocycles. The fourth-order valence-electron chi connectivity index (χ4n) is 3.63. The molecule has 3 heteroatoms. The van der Waals surface area contributed by atoms with Crippen LogP contribution in [0.15, 0.2) is 22.5 Å². The molecular weight excluding hydrogens is 300 g/mol. The summed E-state index contributed by atoms with van der Waals surface area (Å²) < 4.78 is 13.7. The van der Waals surface area contributed by atoms with Crippen molar-refractivity contribution in [1.82, 2.24) is 0 Å². The van der Waals surface area contributed by atoms with Crippen LogP contribution in [0.25, 0.3) is 0 Å². The molecule has 0 unspecified atom stereocenters. The summed E-state index contributed by atoms with van der Waals surface area (Å²) in [5.74, 6) is 0. The zero-order valence-electron chi connectivity index (χ0n) is 16.1. The van der Waals surface area contributed by atoms with Gasteiger partial charge in [-0.25, -0.2) is 0 Å². The molecule has 23 heavy (non-hydrogen) atoms. The van der Waals surface area contributed by atoms with Gasteiger partial charge in [0.2, 0.25) is 0 Å². The van der Waals surface area contributed by atoms with Crippen molar-refractivity contribution in [3.05, 3.63) is 22.5 Å². The van der Waals surface area contributed by atoms with Crippen molar-refractivity contribution in [2.24, 2.45) is 0 Å². The maximum Gasteiger partial charge on any atom is 0.398 e. The van der Waals surface area contributed by atoms with E-state index in [0.717, 1.165) is 12.8 Å². The molecule has 2 rings (SSSR count). The fourth-order valence-corrected chi connectivity index (χ4v) is 8.17. The average Bonchev–Trinajstić information content (AvgIpc) is 2.45. The van der Waals surface area contributed by atoms with Crippen LogP contribution in [0.2, 0.25) is 0 Å². The summed E-state index contributed by atoms with van der Waals surface area (Å²) in [6.45, 7) is 13.0. The summed E-state index contributed by atoms with van der Waals surface area (Å²) in [4.78, 5) is 0. The van der Waals surface area contributed by atoms with E-state index in [1.54, 1.807) is 0 Å². The fraction of sp³-hybridized carbons (Fsp3) is 0.800. The minimum absolute atomic E-state index is 0.186. The Bertz CT molecular complexity index is 419. The molecule has 2 nitrogen and oxygen atoms in total. The molecule has 0 bridgehead atoms. The summed E-state index contributed by atoms with van der Waals surface area (Å²) in [6, 6.07) is 0. The van der Waals surface area contributed by atoms with Crippen molar-refractivity contribution >= 4 is 8.56 Å². The second-order valence-corrected chi connectivity index (χ2v) is 11.9. The Balaban J connectivity index is 2.51. The molecule has 0 aromatic rings. The lowest BCUT2D eigenvalue weighted by Gasteiger charge is -2.45. The van der Waals surface area contributed by atoms with E-state index in [9.17, 15) is 0 Å². The van der Waals surface area contributed by atoms with E-state index in [0.29, 0.717) is 0 Å². The highest BCUT2D eigenvalue weighted by atomic mass is 28.4. The molecule has 0 fully saturated rings. The first-order chi connectivity index (χ1) is 10.6. The average molecular weight is 337 g/mol. The van der Waals surface area contributed by atoms with Crippen LogP contribution < -0.4 is 0 Å². The van der Waals surface area contributed by atoms with Crippen LogP contribution in [-0.2, 0) is 8.85 Å². The van der Waals surface area contributed by atoms with Crippen LogP contribution >= 0.6 is 0 Å². The Kier molecular flexibility index (Phi) is 5.97. The van der Waals surface area contributed by atoms with Crippen LogP contribution in [0.3, 0.4) is 0 Å². The van der Waals surface area contributed by atoms with Gasteiger partial charge >= 0.3 is 8.56 Å². The van der Waals surface area contributed by atoms with Crippen LogP contribution in [0.1, 0.15) is 92.9 Å². The lowest BCUT2D eigenvalue weighted by molar-refractivity contribution is 0.0227. The second kappa shape index (κ2) is 7.24. The van der Waals surface area contributed by atoms with Gasteiger partial charge in [-0.3, -0.25) is 0 Å². The first-order valence-electron chi connectivity index (χ1n) is 9.42. The predicted octanol–water partition coefficient (Wildman–Crippen LogP) is 6.14. The van der Waals surface area contributed by atoms with Crippen molar-refractivity contribution in [2.45, 2.75) is 104 Å². The lowest BCUT2D eigenvalue weighted by atomic mass is 10.1. The molecule has 0 heterocycles. The van der Waals surface area contributed by atoms with Crippen molar-refractivity contribution in [3.63, 3.8) is 0 Å². The zero-order valence-corrected chi connectivity index (χ0v) is 17.1. The van der Waals surface area contributed by atoms with Gasteiger partial charge in [-0.05, 0) is 103 Å². The topological polar surface area (TPSA) is 18.5 Å². The summed E-state index contributed by atoms with van der Waals surface area (Å²) in [5.41, 5.74) is -0.373. The summed E-state index contributed by atoms with van der Waals surface area (Å²) in [5, 5.41) is 2.98. The molecular formula is C20H36O2Si. The third kappa shape index (κ3) is 5.30. The Morgan fingerprint density at radius 1 is 0.696 bits per heavy atom. The molecule has 0 aliphatic heterocycles. The van der Waals surface area contributed by atoms with Gasteiger partial charge in [-0.2, -0.15) is 0 Å². The van der Waals surface area contributed by atoms with E-state index in [1.807, 2.05) is 0 Å². The van der Waals surface area contributed by atoms with Gasteiger partial charge in [-0.15, -0.1) is 0 Å². The van der Waals surface area contributed by atoms with Crippen LogP contribution in [-0.4, -0.2) is 19.8 Å². The normalized spacial score (nSPS) is 21.0. The van der Waals surface area contributed by atoms with Crippen LogP contribution in [0, 0.1) is 0 Å². The summed E-state index contributed by atoms with van der Waals surface area (Å²) in [7, 11) is -2.54. The van der Waals surface area contributed by atoms with Crippen molar-refractivity contribution < 1.29 is 8.85 Å². The van der Waals surface area contributed by atoms with Gasteiger partial charge < -0.3 is 8.85 Å². The van der Waals surface area contributed by atoms with E-state index in [4.69, 9.17) is 8.85 Å². The Morgan fingerprint density at radius 3 is 1.35 bits per heavy atom. The van der Waals surface area contributed by atoms with Gasteiger partial charge in [0, 0.05) is 0 Å². The minimum Gasteiger partial charge on any atom is -0.383 e. The van der Waals surface area contributed by atoms with E-state index >= 15 is 0 Å². The molecule has 2 aliphatic rings. The van der Waals surface area contributed by atoms with E-state index in [1.165, 1.54) is 48.9 Å². The quantitative estimate of drug-likeness (QED) is 0.574. The molecule has 0 N–H and O–H groups in total. The third-order valence-corrected chi connectivity index (χ3v) is 8.73. The Morgan fingerprint density at radius 2 is 1.09 bits per heavy atom. The van der Waals surface area contributed by atoms with Crippen LogP contribution in [0.4, 0.5) is 0 Å². The SMILES string of the molecule is CC(C)(C)O[Si](OC(C)(C)C)(C1=CCCCC1)C1=CCCCC1. The molecule has 0 amide bonds. The monoisotopic (exact) mass is 336 g/mol. The molecule has 0 radical (unpaired) electrons. The molecule has 0 aromatic carbocycles. The second-order valence-electron chi connectivity index (χ2n) is 9.00. The Hall–Kier alpha value is -0.383. The van der Waals surface area contributed by atoms with E-state index in [-0.39, 0.29) is 11.2 Å². The minimum atomic E-state index is -2.54. The number of allylic oxidation sites excluding steroid dienone is 4. The highest BCUT2D eigenvalue weighted by molar-refractivity contribution is 6.82. The van der Waals surface area contributed by atoms with Gasteiger partial charge in [0.15, 0.2) is 0 Å². The van der Waals surface area contributed by atoms with E-state index < -0.39 is 8.56 Å². The van der Waals surface area contributed by atoms with Gasteiger partial charge in [0.05, 0.1) is 11.2 Å². The van der Waals surface area contributed by atoms with Gasteiger partial charge in [0.25, 0.3) is 0 Å². The number of hydrogen-bond donors (Lipinski definition) is 0. The van der Waals surface area contributed by atoms with E-state index in [2.05, 4.69) is 53.7 Å². The maximum absolute atomic E-state index is 6.86. The molecule has 0 spiro atoms. The van der Waals surface area contributed by atoms with Crippen molar-refractivity contribution in [1.29, 1.82) is 0 Å².